The van der Waals surface area contributed by atoms with Gasteiger partial charge in [-0.2, -0.15) is 0 Å². The lowest BCUT2D eigenvalue weighted by Crippen LogP contribution is -2.32. The highest BCUT2D eigenvalue weighted by Gasteiger charge is 2.34. The van der Waals surface area contributed by atoms with Crippen molar-refractivity contribution in [3.8, 4) is 0 Å². The topological polar surface area (TPSA) is 49.4 Å². The number of benzene rings is 1. The summed E-state index contributed by atoms with van der Waals surface area (Å²) in [4.78, 5) is 25.5. The first kappa shape index (κ1) is 12.1. The molecule has 98 valence electrons. The molecule has 0 unspecified atom stereocenters. The number of anilines is 1. The van der Waals surface area contributed by atoms with Gasteiger partial charge in [-0.1, -0.05) is 6.07 Å². The Morgan fingerprint density at radius 1 is 1.05 bits per heavy atom. The maximum atomic E-state index is 12.1. The van der Waals surface area contributed by atoms with E-state index >= 15 is 0 Å². The molecule has 1 aromatic rings. The minimum absolute atomic E-state index is 0.203. The Kier molecular flexibility index (Phi) is 2.75. The van der Waals surface area contributed by atoms with Crippen LogP contribution in [-0.4, -0.2) is 18.4 Å². The summed E-state index contributed by atoms with van der Waals surface area (Å²) in [5.41, 5.74) is 4.23. The maximum absolute atomic E-state index is 12.1. The summed E-state index contributed by atoms with van der Waals surface area (Å²) in [5, 5.41) is 3.30. The fraction of sp³-hybridized carbons (Fsp3) is 0.333. The summed E-state index contributed by atoms with van der Waals surface area (Å²) < 4.78 is 0. The SMILES string of the molecule is CC1=C(C)C(=O)N(c2ccc3c(c2)CNCC3)C1=O. The molecular formula is C15H16N2O2. The largest absolute Gasteiger partial charge is 0.312 e. The standard InChI is InChI=1S/C15H16N2O2/c1-9-10(2)15(19)17(14(9)18)13-4-3-11-5-6-16-8-12(11)7-13/h3-4,7,16H,5-6,8H2,1-2H3. The van der Waals surface area contributed by atoms with E-state index in [0.29, 0.717) is 16.8 Å². The van der Waals surface area contributed by atoms with Crippen molar-refractivity contribution in [1.29, 1.82) is 0 Å². The van der Waals surface area contributed by atoms with Crippen LogP contribution >= 0.6 is 0 Å². The van der Waals surface area contributed by atoms with E-state index in [1.54, 1.807) is 13.8 Å². The molecule has 1 N–H and O–H groups in total. The molecule has 0 bridgehead atoms. The van der Waals surface area contributed by atoms with E-state index in [-0.39, 0.29) is 11.8 Å². The zero-order chi connectivity index (χ0) is 13.6. The molecule has 0 fully saturated rings. The third kappa shape index (κ3) is 1.79. The monoisotopic (exact) mass is 256 g/mol. The van der Waals surface area contributed by atoms with Crippen LogP contribution in [0.5, 0.6) is 0 Å². The van der Waals surface area contributed by atoms with Crippen LogP contribution in [-0.2, 0) is 22.6 Å². The minimum Gasteiger partial charge on any atom is -0.312 e. The molecular weight excluding hydrogens is 240 g/mol. The highest BCUT2D eigenvalue weighted by molar-refractivity contribution is 6.32. The smallest absolute Gasteiger partial charge is 0.261 e. The van der Waals surface area contributed by atoms with Crippen LogP contribution in [0, 0.1) is 0 Å². The van der Waals surface area contributed by atoms with Crippen LogP contribution in [0.1, 0.15) is 25.0 Å². The van der Waals surface area contributed by atoms with Crippen molar-refractivity contribution in [3.63, 3.8) is 0 Å². The molecule has 19 heavy (non-hydrogen) atoms. The summed E-state index contributed by atoms with van der Waals surface area (Å²) in [6.45, 7) is 5.18. The van der Waals surface area contributed by atoms with Crippen LogP contribution in [0.25, 0.3) is 0 Å². The summed E-state index contributed by atoms with van der Waals surface area (Å²) in [7, 11) is 0. The average Bonchev–Trinajstić information content (AvgIpc) is 2.63. The first-order valence-electron chi connectivity index (χ1n) is 6.48. The van der Waals surface area contributed by atoms with E-state index < -0.39 is 0 Å². The lowest BCUT2D eigenvalue weighted by molar-refractivity contribution is -0.120. The molecule has 4 heteroatoms. The molecule has 1 aromatic carbocycles. The molecule has 0 saturated carbocycles. The number of fused-ring (bicyclic) bond motifs is 1. The van der Waals surface area contributed by atoms with E-state index in [9.17, 15) is 9.59 Å². The summed E-state index contributed by atoms with van der Waals surface area (Å²) in [5.74, 6) is -0.405. The highest BCUT2D eigenvalue weighted by atomic mass is 16.2. The molecule has 2 aliphatic rings. The molecule has 2 amide bonds. The molecule has 0 spiro atoms. The van der Waals surface area contributed by atoms with Gasteiger partial charge in [-0.3, -0.25) is 9.59 Å². The van der Waals surface area contributed by atoms with Gasteiger partial charge in [0.05, 0.1) is 5.69 Å². The lowest BCUT2D eigenvalue weighted by Gasteiger charge is -2.21. The Labute approximate surface area is 112 Å². The molecule has 0 saturated heterocycles. The van der Waals surface area contributed by atoms with Crippen LogP contribution in [0.2, 0.25) is 0 Å². The van der Waals surface area contributed by atoms with Crippen molar-refractivity contribution < 1.29 is 9.59 Å². The quantitative estimate of drug-likeness (QED) is 0.775. The molecule has 0 atom stereocenters. The van der Waals surface area contributed by atoms with Gasteiger partial charge in [0.2, 0.25) is 0 Å². The molecule has 4 nitrogen and oxygen atoms in total. The fourth-order valence-electron chi connectivity index (χ4n) is 2.59. The number of carbonyl (C=O) groups excluding carboxylic acids is 2. The van der Waals surface area contributed by atoms with Crippen molar-refractivity contribution in [2.45, 2.75) is 26.8 Å². The van der Waals surface area contributed by atoms with Crippen molar-refractivity contribution in [2.75, 3.05) is 11.4 Å². The van der Waals surface area contributed by atoms with Crippen LogP contribution in [0.3, 0.4) is 0 Å². The minimum atomic E-state index is -0.203. The molecule has 2 heterocycles. The lowest BCUT2D eigenvalue weighted by atomic mass is 10.00. The van der Waals surface area contributed by atoms with Gasteiger partial charge in [-0.15, -0.1) is 0 Å². The number of amides is 2. The van der Waals surface area contributed by atoms with Gasteiger partial charge >= 0.3 is 0 Å². The van der Waals surface area contributed by atoms with Crippen molar-refractivity contribution >= 4 is 17.5 Å². The Bertz CT molecular complexity index is 593. The summed E-state index contributed by atoms with van der Waals surface area (Å²) >= 11 is 0. The van der Waals surface area contributed by atoms with Crippen molar-refractivity contribution in [1.82, 2.24) is 5.32 Å². The Morgan fingerprint density at radius 2 is 1.74 bits per heavy atom. The second-order valence-corrected chi connectivity index (χ2v) is 5.08. The van der Waals surface area contributed by atoms with Crippen molar-refractivity contribution in [2.24, 2.45) is 0 Å². The summed E-state index contributed by atoms with van der Waals surface area (Å²) in [6.07, 6.45) is 0.994. The Balaban J connectivity index is 2.00. The number of nitrogens with zero attached hydrogens (tertiary/aromatic N) is 1. The fourth-order valence-corrected chi connectivity index (χ4v) is 2.59. The summed E-state index contributed by atoms with van der Waals surface area (Å²) in [6, 6.07) is 5.84. The average molecular weight is 256 g/mol. The predicted molar refractivity (Wildman–Crippen MR) is 72.7 cm³/mol. The number of hydrogen-bond acceptors (Lipinski definition) is 3. The van der Waals surface area contributed by atoms with Gasteiger partial charge in [0, 0.05) is 17.7 Å². The zero-order valence-corrected chi connectivity index (χ0v) is 11.1. The first-order valence-corrected chi connectivity index (χ1v) is 6.48. The van der Waals surface area contributed by atoms with E-state index in [4.69, 9.17) is 0 Å². The van der Waals surface area contributed by atoms with Gasteiger partial charge in [0.15, 0.2) is 0 Å². The van der Waals surface area contributed by atoms with Crippen molar-refractivity contribution in [3.05, 3.63) is 40.5 Å². The van der Waals surface area contributed by atoms with Gasteiger partial charge in [0.25, 0.3) is 11.8 Å². The van der Waals surface area contributed by atoms with E-state index in [0.717, 1.165) is 19.5 Å². The molecule has 0 radical (unpaired) electrons. The molecule has 0 aromatic heterocycles. The molecule has 0 aliphatic carbocycles. The Morgan fingerprint density at radius 3 is 2.42 bits per heavy atom. The van der Waals surface area contributed by atoms with Crippen LogP contribution in [0.15, 0.2) is 29.3 Å². The normalized spacial score (nSPS) is 19.2. The number of hydrogen-bond donors (Lipinski definition) is 1. The third-order valence-electron chi connectivity index (χ3n) is 3.94. The van der Waals surface area contributed by atoms with Gasteiger partial charge in [-0.25, -0.2) is 4.90 Å². The predicted octanol–water partition coefficient (Wildman–Crippen LogP) is 1.54. The second-order valence-electron chi connectivity index (χ2n) is 5.08. The molecule has 2 aliphatic heterocycles. The van der Waals surface area contributed by atoms with E-state index in [1.807, 2.05) is 18.2 Å². The van der Waals surface area contributed by atoms with Gasteiger partial charge < -0.3 is 5.32 Å². The van der Waals surface area contributed by atoms with Crippen LogP contribution in [0.4, 0.5) is 5.69 Å². The van der Waals surface area contributed by atoms with E-state index in [1.165, 1.54) is 16.0 Å². The zero-order valence-electron chi connectivity index (χ0n) is 11.1. The van der Waals surface area contributed by atoms with Gasteiger partial charge in [0.1, 0.15) is 0 Å². The highest BCUT2D eigenvalue weighted by Crippen LogP contribution is 2.29. The second kappa shape index (κ2) is 4.31. The van der Waals surface area contributed by atoms with E-state index in [2.05, 4.69) is 5.32 Å². The number of carbonyl (C=O) groups is 2. The number of imide groups is 1. The van der Waals surface area contributed by atoms with Crippen LogP contribution < -0.4 is 10.2 Å². The third-order valence-corrected chi connectivity index (χ3v) is 3.94. The number of nitrogens with one attached hydrogen (secondary N) is 1. The maximum Gasteiger partial charge on any atom is 0.261 e. The number of rotatable bonds is 1. The Hall–Kier alpha value is -1.94. The molecule has 3 rings (SSSR count). The first-order chi connectivity index (χ1) is 9.09. The van der Waals surface area contributed by atoms with Gasteiger partial charge in [-0.05, 0) is 50.1 Å².